The van der Waals surface area contributed by atoms with E-state index in [1.807, 2.05) is 7.05 Å². The first-order valence-corrected chi connectivity index (χ1v) is 4.57. The van der Waals surface area contributed by atoms with Crippen LogP contribution in [0.25, 0.3) is 0 Å². The fraction of sp³-hybridized carbons (Fsp3) is 0.556. The molecule has 14 heavy (non-hydrogen) atoms. The van der Waals surface area contributed by atoms with Crippen molar-refractivity contribution in [2.75, 3.05) is 19.3 Å². The second-order valence-electron chi connectivity index (χ2n) is 3.24. The van der Waals surface area contributed by atoms with Gasteiger partial charge in [0.2, 0.25) is 5.91 Å². The molecule has 0 spiro atoms. The van der Waals surface area contributed by atoms with Crippen LogP contribution < -0.4 is 11.1 Å². The van der Waals surface area contributed by atoms with Crippen molar-refractivity contribution in [3.8, 4) is 0 Å². The van der Waals surface area contributed by atoms with Gasteiger partial charge in [-0.25, -0.2) is 4.68 Å². The highest BCUT2D eigenvalue weighted by Gasteiger charge is 2.13. The molecule has 0 bridgehead atoms. The summed E-state index contributed by atoms with van der Waals surface area (Å²) in [5, 5.41) is 6.99. The number of hydrogen-bond acceptors (Lipinski definition) is 4. The summed E-state index contributed by atoms with van der Waals surface area (Å²) in [6.45, 7) is 4.24. The van der Waals surface area contributed by atoms with Crippen LogP contribution in [0, 0.1) is 13.8 Å². The molecule has 3 N–H and O–H groups in total. The Labute approximate surface area is 83.3 Å². The van der Waals surface area contributed by atoms with E-state index in [9.17, 15) is 4.79 Å². The predicted octanol–water partition coefficient (Wildman–Crippen LogP) is 0.332. The van der Waals surface area contributed by atoms with Crippen LogP contribution in [0.1, 0.15) is 22.6 Å². The lowest BCUT2D eigenvalue weighted by molar-refractivity contribution is 0.0885. The molecule has 0 aromatic carbocycles. The predicted molar refractivity (Wildman–Crippen MR) is 55.3 cm³/mol. The van der Waals surface area contributed by atoms with Gasteiger partial charge in [0.05, 0.1) is 17.1 Å². The smallest absolute Gasteiger partial charge is 0.248 e. The minimum absolute atomic E-state index is 0.0309. The van der Waals surface area contributed by atoms with Crippen LogP contribution in [0.2, 0.25) is 0 Å². The van der Waals surface area contributed by atoms with Crippen LogP contribution in [0.4, 0.5) is 5.69 Å². The normalized spacial score (nSPS) is 10.5. The third-order valence-corrected chi connectivity index (χ3v) is 2.17. The number of anilines is 1. The number of nitrogen functional groups attached to an aromatic ring is 1. The van der Waals surface area contributed by atoms with E-state index in [4.69, 9.17) is 5.73 Å². The minimum Gasteiger partial charge on any atom is -0.396 e. The Morgan fingerprint density at radius 2 is 2.21 bits per heavy atom. The molecule has 0 saturated heterocycles. The molecule has 0 saturated carbocycles. The summed E-state index contributed by atoms with van der Waals surface area (Å²) in [4.78, 5) is 11.6. The van der Waals surface area contributed by atoms with Crippen LogP contribution >= 0.6 is 0 Å². The number of nitrogens with one attached hydrogen (secondary N) is 1. The van der Waals surface area contributed by atoms with Gasteiger partial charge in [-0.15, -0.1) is 0 Å². The van der Waals surface area contributed by atoms with E-state index < -0.39 is 0 Å². The molecule has 5 nitrogen and oxygen atoms in total. The average molecular weight is 196 g/mol. The molecule has 1 aromatic heterocycles. The lowest BCUT2D eigenvalue weighted by Gasteiger charge is -2.02. The molecule has 0 fully saturated rings. The van der Waals surface area contributed by atoms with Crippen LogP contribution in [0.5, 0.6) is 0 Å². The maximum Gasteiger partial charge on any atom is 0.248 e. The summed E-state index contributed by atoms with van der Waals surface area (Å²) >= 11 is 0. The van der Waals surface area contributed by atoms with Gasteiger partial charge >= 0.3 is 0 Å². The van der Waals surface area contributed by atoms with Gasteiger partial charge in [-0.05, 0) is 20.9 Å². The minimum atomic E-state index is -0.0309. The molecule has 0 aliphatic carbocycles. The molecule has 1 heterocycles. The van der Waals surface area contributed by atoms with Crippen molar-refractivity contribution < 1.29 is 4.79 Å². The largest absolute Gasteiger partial charge is 0.396 e. The van der Waals surface area contributed by atoms with E-state index in [1.54, 1.807) is 13.8 Å². The van der Waals surface area contributed by atoms with Crippen LogP contribution in [-0.4, -0.2) is 29.3 Å². The van der Waals surface area contributed by atoms with Crippen molar-refractivity contribution in [2.24, 2.45) is 0 Å². The molecule has 5 heteroatoms. The van der Waals surface area contributed by atoms with E-state index in [2.05, 4.69) is 10.4 Å². The van der Waals surface area contributed by atoms with Gasteiger partial charge in [0.25, 0.3) is 0 Å². The second kappa shape index (κ2) is 4.23. The second-order valence-corrected chi connectivity index (χ2v) is 3.24. The first-order valence-electron chi connectivity index (χ1n) is 4.57. The highest BCUT2D eigenvalue weighted by molar-refractivity contribution is 5.80. The SMILES string of the molecule is CNCCC(=O)n1nc(C)c(N)c1C. The molecule has 0 atom stereocenters. The third kappa shape index (κ3) is 1.93. The number of rotatable bonds is 3. The molecule has 1 aromatic rings. The standard InChI is InChI=1S/C9H16N4O/c1-6-9(10)7(2)13(12-6)8(14)4-5-11-3/h11H,4-5,10H2,1-3H3. The number of carbonyl (C=O) groups is 1. The first kappa shape index (κ1) is 10.7. The van der Waals surface area contributed by atoms with Gasteiger partial charge in [0.1, 0.15) is 0 Å². The van der Waals surface area contributed by atoms with Gasteiger partial charge in [0, 0.05) is 13.0 Å². The van der Waals surface area contributed by atoms with Crippen molar-refractivity contribution in [1.29, 1.82) is 0 Å². The summed E-state index contributed by atoms with van der Waals surface area (Å²) in [7, 11) is 1.81. The van der Waals surface area contributed by atoms with Gasteiger partial charge in [-0.3, -0.25) is 4.79 Å². The summed E-state index contributed by atoms with van der Waals surface area (Å²) in [5.41, 5.74) is 7.75. The maximum absolute atomic E-state index is 11.6. The first-order chi connectivity index (χ1) is 6.57. The fourth-order valence-electron chi connectivity index (χ4n) is 1.24. The van der Waals surface area contributed by atoms with Crippen LogP contribution in [0.15, 0.2) is 0 Å². The zero-order chi connectivity index (χ0) is 10.7. The number of hydrogen-bond donors (Lipinski definition) is 2. The van der Waals surface area contributed by atoms with Crippen molar-refractivity contribution in [3.05, 3.63) is 11.4 Å². The molecule has 78 valence electrons. The van der Waals surface area contributed by atoms with Gasteiger partial charge < -0.3 is 11.1 Å². The highest BCUT2D eigenvalue weighted by Crippen LogP contribution is 2.14. The zero-order valence-electron chi connectivity index (χ0n) is 8.79. The maximum atomic E-state index is 11.6. The van der Waals surface area contributed by atoms with Crippen LogP contribution in [-0.2, 0) is 0 Å². The molecular weight excluding hydrogens is 180 g/mol. The molecule has 0 aliphatic heterocycles. The lowest BCUT2D eigenvalue weighted by atomic mass is 10.3. The summed E-state index contributed by atoms with van der Waals surface area (Å²) in [5.74, 6) is -0.0309. The monoisotopic (exact) mass is 196 g/mol. The van der Waals surface area contributed by atoms with E-state index in [0.717, 1.165) is 5.69 Å². The fourth-order valence-corrected chi connectivity index (χ4v) is 1.24. The number of nitrogens with two attached hydrogens (primary N) is 1. The quantitative estimate of drug-likeness (QED) is 0.730. The van der Waals surface area contributed by atoms with E-state index in [1.165, 1.54) is 4.68 Å². The molecule has 0 unspecified atom stereocenters. The number of carbonyl (C=O) groups excluding carboxylic acids is 1. The Morgan fingerprint density at radius 3 is 2.64 bits per heavy atom. The highest BCUT2D eigenvalue weighted by atomic mass is 16.2. The van der Waals surface area contributed by atoms with Gasteiger partial charge in [-0.1, -0.05) is 0 Å². The van der Waals surface area contributed by atoms with Crippen LogP contribution in [0.3, 0.4) is 0 Å². The zero-order valence-corrected chi connectivity index (χ0v) is 8.79. The average Bonchev–Trinajstić information content (AvgIpc) is 2.42. The molecular formula is C9H16N4O. The van der Waals surface area contributed by atoms with Gasteiger partial charge in [-0.2, -0.15) is 5.10 Å². The Kier molecular flexibility index (Phi) is 3.24. The molecule has 1 rings (SSSR count). The Morgan fingerprint density at radius 1 is 1.57 bits per heavy atom. The van der Waals surface area contributed by atoms with Crippen molar-refractivity contribution >= 4 is 11.6 Å². The van der Waals surface area contributed by atoms with E-state index >= 15 is 0 Å². The van der Waals surface area contributed by atoms with Crippen molar-refractivity contribution in [2.45, 2.75) is 20.3 Å². The topological polar surface area (TPSA) is 72.9 Å². The van der Waals surface area contributed by atoms with E-state index in [-0.39, 0.29) is 5.91 Å². The van der Waals surface area contributed by atoms with Gasteiger partial charge in [0.15, 0.2) is 0 Å². The number of aryl methyl sites for hydroxylation is 1. The summed E-state index contributed by atoms with van der Waals surface area (Å²) < 4.78 is 1.38. The summed E-state index contributed by atoms with van der Waals surface area (Å²) in [6, 6.07) is 0. The van der Waals surface area contributed by atoms with Crippen molar-refractivity contribution in [3.63, 3.8) is 0 Å². The lowest BCUT2D eigenvalue weighted by Crippen LogP contribution is -2.20. The number of aromatic nitrogens is 2. The Balaban J connectivity index is 2.85. The Bertz CT molecular complexity index is 343. The number of nitrogens with zero attached hydrogens (tertiary/aromatic N) is 2. The van der Waals surface area contributed by atoms with Crippen molar-refractivity contribution in [1.82, 2.24) is 15.1 Å². The molecule has 0 radical (unpaired) electrons. The molecule has 0 amide bonds. The molecule has 0 aliphatic rings. The van der Waals surface area contributed by atoms with E-state index in [0.29, 0.717) is 24.3 Å². The third-order valence-electron chi connectivity index (χ3n) is 2.17. The Hall–Kier alpha value is -1.36. The summed E-state index contributed by atoms with van der Waals surface area (Å²) in [6.07, 6.45) is 0.428.